The Kier molecular flexibility index (Phi) is 3.98. The fourth-order valence-electron chi connectivity index (χ4n) is 1.58. The van der Waals surface area contributed by atoms with Crippen LogP contribution in [-0.2, 0) is 16.6 Å². The lowest BCUT2D eigenvalue weighted by Crippen LogP contribution is -2.33. The molecule has 0 unspecified atom stereocenters. The van der Waals surface area contributed by atoms with E-state index in [-0.39, 0.29) is 10.4 Å². The van der Waals surface area contributed by atoms with E-state index in [0.29, 0.717) is 24.7 Å². The number of hydrogen-bond donors (Lipinski definition) is 3. The largest absolute Gasteiger partial charge is 0.310 e. The Labute approximate surface area is 114 Å². The van der Waals surface area contributed by atoms with Gasteiger partial charge in [-0.15, -0.1) is 0 Å². The standard InChI is InChI=1S/C12H22N4O2S/c1-12(2,3)8-15-19(17,18)11-9(7-14-16-11)6-13-10-4-5-10/h7,10,13,15H,4-6,8H2,1-3H3,(H,14,16). The van der Waals surface area contributed by atoms with E-state index in [2.05, 4.69) is 20.2 Å². The second-order valence-electron chi connectivity index (χ2n) is 6.26. The van der Waals surface area contributed by atoms with Gasteiger partial charge in [0, 0.05) is 24.7 Å². The summed E-state index contributed by atoms with van der Waals surface area (Å²) in [6.45, 7) is 6.88. The molecule has 1 aromatic rings. The third-order valence-electron chi connectivity index (χ3n) is 2.90. The molecule has 1 fully saturated rings. The molecule has 0 atom stereocenters. The Hall–Kier alpha value is -0.920. The molecule has 1 saturated carbocycles. The summed E-state index contributed by atoms with van der Waals surface area (Å²) in [5.74, 6) is 0. The first-order valence-corrected chi connectivity index (χ1v) is 8.01. The Bertz CT molecular complexity index is 526. The minimum Gasteiger partial charge on any atom is -0.310 e. The van der Waals surface area contributed by atoms with Crippen molar-refractivity contribution in [3.8, 4) is 0 Å². The van der Waals surface area contributed by atoms with Crippen LogP contribution in [0.25, 0.3) is 0 Å². The number of aromatic amines is 1. The topological polar surface area (TPSA) is 86.9 Å². The molecule has 108 valence electrons. The second-order valence-corrected chi connectivity index (χ2v) is 7.97. The molecule has 1 aliphatic rings. The van der Waals surface area contributed by atoms with Crippen LogP contribution in [0, 0.1) is 5.41 Å². The predicted octanol–water partition coefficient (Wildman–Crippen LogP) is 0.986. The molecule has 0 aliphatic heterocycles. The van der Waals surface area contributed by atoms with E-state index in [1.807, 2.05) is 20.8 Å². The van der Waals surface area contributed by atoms with Crippen molar-refractivity contribution in [3.05, 3.63) is 11.8 Å². The number of nitrogens with zero attached hydrogens (tertiary/aromatic N) is 1. The molecule has 1 aliphatic carbocycles. The third kappa shape index (κ3) is 4.29. The minimum atomic E-state index is -3.52. The normalized spacial score (nSPS) is 16.8. The summed E-state index contributed by atoms with van der Waals surface area (Å²) in [6, 6.07) is 0.535. The number of nitrogens with one attached hydrogen (secondary N) is 3. The van der Waals surface area contributed by atoms with E-state index < -0.39 is 10.0 Å². The molecule has 7 heteroatoms. The van der Waals surface area contributed by atoms with E-state index in [4.69, 9.17) is 0 Å². The van der Waals surface area contributed by atoms with Gasteiger partial charge in [-0.3, -0.25) is 5.10 Å². The summed E-state index contributed by atoms with van der Waals surface area (Å²) >= 11 is 0. The smallest absolute Gasteiger partial charge is 0.257 e. The van der Waals surface area contributed by atoms with Crippen LogP contribution in [0.4, 0.5) is 0 Å². The van der Waals surface area contributed by atoms with Crippen LogP contribution in [0.3, 0.4) is 0 Å². The zero-order valence-electron chi connectivity index (χ0n) is 11.7. The monoisotopic (exact) mass is 286 g/mol. The second kappa shape index (κ2) is 5.22. The van der Waals surface area contributed by atoms with Crippen molar-refractivity contribution in [3.63, 3.8) is 0 Å². The van der Waals surface area contributed by atoms with Crippen molar-refractivity contribution in [1.82, 2.24) is 20.2 Å². The SMILES string of the molecule is CC(C)(C)CNS(=O)(=O)c1[nH]ncc1CNC1CC1. The van der Waals surface area contributed by atoms with Gasteiger partial charge in [-0.2, -0.15) is 5.10 Å². The first-order valence-electron chi connectivity index (χ1n) is 6.53. The quantitative estimate of drug-likeness (QED) is 0.727. The summed E-state index contributed by atoms with van der Waals surface area (Å²) in [7, 11) is -3.52. The number of sulfonamides is 1. The van der Waals surface area contributed by atoms with Crippen molar-refractivity contribution in [2.75, 3.05) is 6.54 Å². The maximum absolute atomic E-state index is 12.2. The molecule has 19 heavy (non-hydrogen) atoms. The molecule has 1 aromatic heterocycles. The van der Waals surface area contributed by atoms with Gasteiger partial charge >= 0.3 is 0 Å². The summed E-state index contributed by atoms with van der Waals surface area (Å²) < 4.78 is 27.0. The van der Waals surface area contributed by atoms with Crippen LogP contribution >= 0.6 is 0 Å². The van der Waals surface area contributed by atoms with Crippen LogP contribution in [0.2, 0.25) is 0 Å². The molecule has 0 spiro atoms. The maximum atomic E-state index is 12.2. The van der Waals surface area contributed by atoms with E-state index in [9.17, 15) is 8.42 Å². The highest BCUT2D eigenvalue weighted by Gasteiger charge is 2.25. The Morgan fingerprint density at radius 2 is 2.11 bits per heavy atom. The van der Waals surface area contributed by atoms with Crippen molar-refractivity contribution >= 4 is 10.0 Å². The Morgan fingerprint density at radius 3 is 2.68 bits per heavy atom. The van der Waals surface area contributed by atoms with Crippen molar-refractivity contribution in [2.45, 2.75) is 51.2 Å². The Morgan fingerprint density at radius 1 is 1.42 bits per heavy atom. The van der Waals surface area contributed by atoms with E-state index >= 15 is 0 Å². The molecule has 0 radical (unpaired) electrons. The van der Waals surface area contributed by atoms with Crippen LogP contribution < -0.4 is 10.0 Å². The lowest BCUT2D eigenvalue weighted by Gasteiger charge is -2.18. The van der Waals surface area contributed by atoms with Gasteiger partial charge < -0.3 is 5.32 Å². The summed E-state index contributed by atoms with van der Waals surface area (Å²) in [6.07, 6.45) is 3.91. The van der Waals surface area contributed by atoms with Gasteiger partial charge in [0.05, 0.1) is 6.20 Å². The van der Waals surface area contributed by atoms with E-state index in [1.54, 1.807) is 6.20 Å². The van der Waals surface area contributed by atoms with Gasteiger partial charge in [-0.05, 0) is 18.3 Å². The number of aromatic nitrogens is 2. The number of hydrogen-bond acceptors (Lipinski definition) is 4. The van der Waals surface area contributed by atoms with Crippen LogP contribution in [0.1, 0.15) is 39.2 Å². The summed E-state index contributed by atoms with van der Waals surface area (Å²) in [5.41, 5.74) is 0.591. The third-order valence-corrected chi connectivity index (χ3v) is 4.31. The minimum absolute atomic E-state index is 0.0977. The Balaban J connectivity index is 2.04. The fourth-order valence-corrected chi connectivity index (χ4v) is 2.99. The maximum Gasteiger partial charge on any atom is 0.257 e. The first-order chi connectivity index (χ1) is 8.78. The van der Waals surface area contributed by atoms with Gasteiger partial charge in [-0.1, -0.05) is 20.8 Å². The van der Waals surface area contributed by atoms with Gasteiger partial charge in [0.2, 0.25) is 0 Å². The molecule has 0 aromatic carbocycles. The molecule has 0 bridgehead atoms. The molecule has 6 nitrogen and oxygen atoms in total. The van der Waals surface area contributed by atoms with Gasteiger partial charge in [0.25, 0.3) is 10.0 Å². The summed E-state index contributed by atoms with van der Waals surface area (Å²) in [5, 5.41) is 9.90. The highest BCUT2D eigenvalue weighted by Crippen LogP contribution is 2.20. The molecule has 1 heterocycles. The number of H-pyrrole nitrogens is 1. The van der Waals surface area contributed by atoms with E-state index in [0.717, 1.165) is 0 Å². The zero-order chi connectivity index (χ0) is 14.1. The zero-order valence-corrected chi connectivity index (χ0v) is 12.5. The van der Waals surface area contributed by atoms with Gasteiger partial charge in [-0.25, -0.2) is 13.1 Å². The molecular weight excluding hydrogens is 264 g/mol. The van der Waals surface area contributed by atoms with Crippen LogP contribution in [0.15, 0.2) is 11.2 Å². The highest BCUT2D eigenvalue weighted by atomic mass is 32.2. The first kappa shape index (κ1) is 14.5. The molecule has 0 amide bonds. The molecule has 0 saturated heterocycles. The summed E-state index contributed by atoms with van der Waals surface area (Å²) in [4.78, 5) is 0. The predicted molar refractivity (Wildman–Crippen MR) is 73.1 cm³/mol. The lowest BCUT2D eigenvalue weighted by molar-refractivity contribution is 0.407. The van der Waals surface area contributed by atoms with E-state index in [1.165, 1.54) is 12.8 Å². The average molecular weight is 286 g/mol. The van der Waals surface area contributed by atoms with Gasteiger partial charge in [0.15, 0.2) is 5.03 Å². The highest BCUT2D eigenvalue weighted by molar-refractivity contribution is 7.89. The lowest BCUT2D eigenvalue weighted by atomic mass is 9.98. The van der Waals surface area contributed by atoms with Crippen LogP contribution in [0.5, 0.6) is 0 Å². The molecular formula is C12H22N4O2S. The molecule has 3 N–H and O–H groups in total. The average Bonchev–Trinajstić information content (AvgIpc) is 3.00. The van der Waals surface area contributed by atoms with Crippen LogP contribution in [-0.4, -0.2) is 31.2 Å². The fraction of sp³-hybridized carbons (Fsp3) is 0.750. The molecule has 2 rings (SSSR count). The number of rotatable bonds is 6. The van der Waals surface area contributed by atoms with Crippen molar-refractivity contribution in [2.24, 2.45) is 5.41 Å². The van der Waals surface area contributed by atoms with Gasteiger partial charge in [0.1, 0.15) is 0 Å². The van der Waals surface area contributed by atoms with Crippen molar-refractivity contribution < 1.29 is 8.42 Å². The van der Waals surface area contributed by atoms with Crippen molar-refractivity contribution in [1.29, 1.82) is 0 Å².